The molecule has 0 radical (unpaired) electrons. The van der Waals surface area contributed by atoms with E-state index in [0.717, 1.165) is 23.1 Å². The van der Waals surface area contributed by atoms with Crippen LogP contribution in [0.2, 0.25) is 0 Å². The van der Waals surface area contributed by atoms with Crippen LogP contribution >= 0.6 is 0 Å². The van der Waals surface area contributed by atoms with E-state index in [1.165, 1.54) is 4.90 Å². The van der Waals surface area contributed by atoms with Crippen molar-refractivity contribution in [3.8, 4) is 34.8 Å². The lowest BCUT2D eigenvalue weighted by Gasteiger charge is -2.36. The summed E-state index contributed by atoms with van der Waals surface area (Å²) in [5, 5.41) is 23.2. The summed E-state index contributed by atoms with van der Waals surface area (Å²) in [6.45, 7) is 8.37. The molecular weight excluding hydrogens is 434 g/mol. The molecule has 2 aromatic heterocycles. The number of carbonyl (C=O) groups is 1. The number of rotatable bonds is 6. The van der Waals surface area contributed by atoms with Crippen molar-refractivity contribution in [1.82, 2.24) is 20.0 Å². The number of nitrogens with zero attached hydrogens (tertiary/aromatic N) is 5. The lowest BCUT2D eigenvalue weighted by atomic mass is 9.87. The van der Waals surface area contributed by atoms with E-state index >= 15 is 0 Å². The Morgan fingerprint density at radius 3 is 2.76 bits per heavy atom. The van der Waals surface area contributed by atoms with E-state index in [-0.39, 0.29) is 23.9 Å². The summed E-state index contributed by atoms with van der Waals surface area (Å²) in [5.41, 5.74) is 3.72. The maximum Gasteiger partial charge on any atom is 0.407 e. The van der Waals surface area contributed by atoms with Crippen LogP contribution in [0.25, 0.3) is 22.8 Å². The van der Waals surface area contributed by atoms with Gasteiger partial charge in [-0.3, -0.25) is 0 Å². The predicted molar refractivity (Wildman–Crippen MR) is 124 cm³/mol. The fraction of sp³-hybridized carbons (Fsp3) is 0.400. The Bertz CT molecular complexity index is 1240. The molecule has 1 aliphatic rings. The second-order valence-corrected chi connectivity index (χ2v) is 9.06. The molecule has 176 valence electrons. The molecule has 1 atom stereocenters. The van der Waals surface area contributed by atoms with Crippen molar-refractivity contribution in [3.05, 3.63) is 47.2 Å². The highest BCUT2D eigenvalue weighted by molar-refractivity contribution is 5.68. The Labute approximate surface area is 198 Å². The molecule has 1 aliphatic heterocycles. The van der Waals surface area contributed by atoms with Gasteiger partial charge in [0.2, 0.25) is 11.7 Å². The zero-order valence-corrected chi connectivity index (χ0v) is 19.6. The van der Waals surface area contributed by atoms with Crippen LogP contribution in [0.15, 0.2) is 35.0 Å². The quantitative estimate of drug-likeness (QED) is 0.538. The molecule has 34 heavy (non-hydrogen) atoms. The van der Waals surface area contributed by atoms with Crippen molar-refractivity contribution in [2.45, 2.75) is 52.7 Å². The number of ether oxygens (including phenoxy) is 1. The summed E-state index contributed by atoms with van der Waals surface area (Å²) in [5.74, 6) is 1.30. The molecule has 1 unspecified atom stereocenters. The standard InChI is InChI=1S/C25H27N5O4/c1-14(2)9-21-20-6-5-17(10-16(20)7-8-30(21)25(31)32)22-28-24(34-29-22)19-11-18(12-26)23(27-13-19)33-15(3)4/h5-6,10-11,13-15,21H,7-9H2,1-4H3,(H,31,32). The molecule has 1 N–H and O–H groups in total. The van der Waals surface area contributed by atoms with Gasteiger partial charge in [-0.05, 0) is 55.9 Å². The smallest absolute Gasteiger partial charge is 0.407 e. The third-order valence-corrected chi connectivity index (χ3v) is 5.69. The molecular formula is C25H27N5O4. The molecule has 9 nitrogen and oxygen atoms in total. The van der Waals surface area contributed by atoms with Gasteiger partial charge < -0.3 is 19.3 Å². The number of hydrogen-bond donors (Lipinski definition) is 1. The second-order valence-electron chi connectivity index (χ2n) is 9.06. The molecule has 0 saturated carbocycles. The number of nitriles is 1. The van der Waals surface area contributed by atoms with Crippen molar-refractivity contribution >= 4 is 6.09 Å². The minimum absolute atomic E-state index is 0.104. The van der Waals surface area contributed by atoms with Gasteiger partial charge in [-0.15, -0.1) is 0 Å². The van der Waals surface area contributed by atoms with E-state index in [1.807, 2.05) is 32.0 Å². The zero-order valence-electron chi connectivity index (χ0n) is 19.6. The number of aromatic nitrogens is 3. The van der Waals surface area contributed by atoms with Crippen LogP contribution in [-0.2, 0) is 6.42 Å². The van der Waals surface area contributed by atoms with Crippen LogP contribution in [0, 0.1) is 17.2 Å². The van der Waals surface area contributed by atoms with Crippen LogP contribution in [-0.4, -0.2) is 43.9 Å². The minimum Gasteiger partial charge on any atom is -0.474 e. The SMILES string of the molecule is CC(C)CC1c2ccc(-c3noc(-c4cnc(OC(C)C)c(C#N)c4)n3)cc2CCN1C(=O)O. The summed E-state index contributed by atoms with van der Waals surface area (Å²) in [6, 6.07) is 9.41. The summed E-state index contributed by atoms with van der Waals surface area (Å²) >= 11 is 0. The van der Waals surface area contributed by atoms with Crippen LogP contribution in [0.5, 0.6) is 5.88 Å². The first-order valence-corrected chi connectivity index (χ1v) is 11.3. The van der Waals surface area contributed by atoms with Crippen molar-refractivity contribution in [2.75, 3.05) is 6.54 Å². The molecule has 1 aromatic carbocycles. The monoisotopic (exact) mass is 461 g/mol. The molecule has 0 spiro atoms. The van der Waals surface area contributed by atoms with Crippen LogP contribution < -0.4 is 4.74 Å². The Morgan fingerprint density at radius 2 is 2.09 bits per heavy atom. The first kappa shape index (κ1) is 23.2. The molecule has 0 aliphatic carbocycles. The molecule has 4 rings (SSSR count). The van der Waals surface area contributed by atoms with Crippen molar-refractivity contribution in [2.24, 2.45) is 5.92 Å². The van der Waals surface area contributed by atoms with Crippen LogP contribution in [0.3, 0.4) is 0 Å². The van der Waals surface area contributed by atoms with Gasteiger partial charge in [0.15, 0.2) is 0 Å². The Hall–Kier alpha value is -3.93. The Balaban J connectivity index is 1.63. The van der Waals surface area contributed by atoms with E-state index in [1.54, 1.807) is 12.3 Å². The summed E-state index contributed by atoms with van der Waals surface area (Å²) < 4.78 is 11.0. The maximum absolute atomic E-state index is 11.8. The molecule has 9 heteroatoms. The van der Waals surface area contributed by atoms with Gasteiger partial charge >= 0.3 is 6.09 Å². The Morgan fingerprint density at radius 1 is 1.29 bits per heavy atom. The van der Waals surface area contributed by atoms with Gasteiger partial charge in [-0.25, -0.2) is 9.78 Å². The maximum atomic E-state index is 11.8. The average molecular weight is 462 g/mol. The number of amides is 1. The largest absolute Gasteiger partial charge is 0.474 e. The summed E-state index contributed by atoms with van der Waals surface area (Å²) in [4.78, 5) is 22.0. The zero-order chi connectivity index (χ0) is 24.4. The lowest BCUT2D eigenvalue weighted by Crippen LogP contribution is -2.39. The number of fused-ring (bicyclic) bond motifs is 1. The number of pyridine rings is 1. The molecule has 0 saturated heterocycles. The molecule has 0 bridgehead atoms. The van der Waals surface area contributed by atoms with Crippen LogP contribution in [0.1, 0.15) is 56.8 Å². The summed E-state index contributed by atoms with van der Waals surface area (Å²) in [6.07, 6.45) is 1.93. The van der Waals surface area contributed by atoms with E-state index < -0.39 is 6.09 Å². The Kier molecular flexibility index (Phi) is 6.50. The third-order valence-electron chi connectivity index (χ3n) is 5.69. The van der Waals surface area contributed by atoms with E-state index in [2.05, 4.69) is 35.0 Å². The molecule has 0 fully saturated rings. The number of benzene rings is 1. The highest BCUT2D eigenvalue weighted by atomic mass is 16.5. The topological polar surface area (TPSA) is 125 Å². The lowest BCUT2D eigenvalue weighted by molar-refractivity contribution is 0.113. The van der Waals surface area contributed by atoms with Gasteiger partial charge in [-0.1, -0.05) is 31.1 Å². The van der Waals surface area contributed by atoms with Gasteiger partial charge in [0, 0.05) is 18.3 Å². The fourth-order valence-corrected chi connectivity index (χ4v) is 4.21. The van der Waals surface area contributed by atoms with Crippen LogP contribution in [0.4, 0.5) is 4.79 Å². The second kappa shape index (κ2) is 9.51. The number of carboxylic acid groups (broad SMARTS) is 1. The van der Waals surface area contributed by atoms with Gasteiger partial charge in [-0.2, -0.15) is 10.2 Å². The highest BCUT2D eigenvalue weighted by Crippen LogP contribution is 2.36. The first-order chi connectivity index (χ1) is 16.3. The van der Waals surface area contributed by atoms with E-state index in [4.69, 9.17) is 9.26 Å². The van der Waals surface area contributed by atoms with E-state index in [9.17, 15) is 15.2 Å². The predicted octanol–water partition coefficient (Wildman–Crippen LogP) is 5.08. The molecule has 3 heterocycles. The van der Waals surface area contributed by atoms with Crippen molar-refractivity contribution < 1.29 is 19.2 Å². The van der Waals surface area contributed by atoms with E-state index in [0.29, 0.717) is 35.8 Å². The normalized spacial score (nSPS) is 15.3. The average Bonchev–Trinajstić information content (AvgIpc) is 3.28. The number of hydrogen-bond acceptors (Lipinski definition) is 7. The molecule has 1 amide bonds. The highest BCUT2D eigenvalue weighted by Gasteiger charge is 2.31. The minimum atomic E-state index is -0.890. The fourth-order valence-electron chi connectivity index (χ4n) is 4.21. The van der Waals surface area contributed by atoms with Gasteiger partial charge in [0.25, 0.3) is 5.89 Å². The van der Waals surface area contributed by atoms with Gasteiger partial charge in [0.1, 0.15) is 11.6 Å². The third kappa shape index (κ3) is 4.71. The van der Waals surface area contributed by atoms with Gasteiger partial charge in [0.05, 0.1) is 17.7 Å². The van der Waals surface area contributed by atoms with Crippen molar-refractivity contribution in [3.63, 3.8) is 0 Å². The van der Waals surface area contributed by atoms with Crippen molar-refractivity contribution in [1.29, 1.82) is 5.26 Å². The summed E-state index contributed by atoms with van der Waals surface area (Å²) in [7, 11) is 0. The molecule has 3 aromatic rings. The first-order valence-electron chi connectivity index (χ1n) is 11.3.